The standard InChI is InChI=1S/C8H15F3N2O3/c1-5(14)6(12)2-13-7(15)3-16-4-8(9,10)11/h5-6,14H,2-4,12H2,1H3,(H,13,15). The minimum Gasteiger partial charge on any atom is -0.392 e. The van der Waals surface area contributed by atoms with Crippen LogP contribution >= 0.6 is 0 Å². The Morgan fingerprint density at radius 1 is 1.56 bits per heavy atom. The maximum absolute atomic E-state index is 11.6. The Morgan fingerprint density at radius 2 is 2.12 bits per heavy atom. The van der Waals surface area contributed by atoms with E-state index in [9.17, 15) is 18.0 Å². The second kappa shape index (κ2) is 6.66. The number of rotatable bonds is 6. The van der Waals surface area contributed by atoms with Gasteiger partial charge in [0, 0.05) is 12.6 Å². The van der Waals surface area contributed by atoms with Gasteiger partial charge in [-0.1, -0.05) is 0 Å². The third-order valence-corrected chi connectivity index (χ3v) is 1.65. The number of hydrogen-bond donors (Lipinski definition) is 3. The predicted octanol–water partition coefficient (Wildman–Crippen LogP) is -0.610. The summed E-state index contributed by atoms with van der Waals surface area (Å²) in [7, 11) is 0. The van der Waals surface area contributed by atoms with Crippen LogP contribution in [0.1, 0.15) is 6.92 Å². The molecule has 4 N–H and O–H groups in total. The molecule has 0 aromatic carbocycles. The van der Waals surface area contributed by atoms with Crippen molar-refractivity contribution in [1.82, 2.24) is 5.32 Å². The zero-order chi connectivity index (χ0) is 12.8. The average molecular weight is 244 g/mol. The van der Waals surface area contributed by atoms with Gasteiger partial charge in [-0.2, -0.15) is 13.2 Å². The van der Waals surface area contributed by atoms with Crippen LogP contribution in [0, 0.1) is 0 Å². The molecule has 5 nitrogen and oxygen atoms in total. The molecule has 0 radical (unpaired) electrons. The Balaban J connectivity index is 3.60. The number of nitrogens with two attached hydrogens (primary N) is 1. The fourth-order valence-corrected chi connectivity index (χ4v) is 0.713. The van der Waals surface area contributed by atoms with Crippen LogP contribution in [0.25, 0.3) is 0 Å². The minimum absolute atomic E-state index is 0.0219. The largest absolute Gasteiger partial charge is 0.411 e. The number of aliphatic hydroxyl groups is 1. The van der Waals surface area contributed by atoms with E-state index in [2.05, 4.69) is 10.1 Å². The van der Waals surface area contributed by atoms with Crippen LogP contribution in [0.5, 0.6) is 0 Å². The van der Waals surface area contributed by atoms with Gasteiger partial charge in [-0.05, 0) is 6.92 Å². The van der Waals surface area contributed by atoms with E-state index >= 15 is 0 Å². The summed E-state index contributed by atoms with van der Waals surface area (Å²) in [6, 6.07) is -0.661. The molecule has 0 aliphatic carbocycles. The van der Waals surface area contributed by atoms with Crippen LogP contribution in [0.2, 0.25) is 0 Å². The first-order valence-corrected chi connectivity index (χ1v) is 4.57. The van der Waals surface area contributed by atoms with Gasteiger partial charge in [-0.25, -0.2) is 0 Å². The molecule has 0 rings (SSSR count). The van der Waals surface area contributed by atoms with Crippen molar-refractivity contribution in [2.45, 2.75) is 25.2 Å². The number of hydrogen-bond acceptors (Lipinski definition) is 4. The van der Waals surface area contributed by atoms with Crippen molar-refractivity contribution in [1.29, 1.82) is 0 Å². The third kappa shape index (κ3) is 8.45. The Hall–Kier alpha value is -0.860. The number of ether oxygens (including phenoxy) is 1. The molecular formula is C8H15F3N2O3. The summed E-state index contributed by atoms with van der Waals surface area (Å²) in [6.45, 7) is -0.738. The monoisotopic (exact) mass is 244 g/mol. The molecule has 0 aromatic rings. The number of aliphatic hydroxyl groups excluding tert-OH is 1. The average Bonchev–Trinajstić information content (AvgIpc) is 2.11. The topological polar surface area (TPSA) is 84.6 Å². The molecule has 0 fully saturated rings. The van der Waals surface area contributed by atoms with Crippen molar-refractivity contribution in [3.05, 3.63) is 0 Å². The van der Waals surface area contributed by atoms with Crippen molar-refractivity contribution >= 4 is 5.91 Å². The Bertz CT molecular complexity index is 221. The van der Waals surface area contributed by atoms with Gasteiger partial charge in [0.2, 0.25) is 5.91 Å². The summed E-state index contributed by atoms with van der Waals surface area (Å²) in [5.41, 5.74) is 5.38. The molecular weight excluding hydrogens is 229 g/mol. The molecule has 0 aromatic heterocycles. The molecule has 16 heavy (non-hydrogen) atoms. The first kappa shape index (κ1) is 15.1. The number of carbonyl (C=O) groups is 1. The van der Waals surface area contributed by atoms with E-state index < -0.39 is 37.4 Å². The lowest BCUT2D eigenvalue weighted by Gasteiger charge is -2.15. The molecule has 0 aliphatic heterocycles. The molecule has 0 spiro atoms. The molecule has 0 heterocycles. The highest BCUT2D eigenvalue weighted by molar-refractivity contribution is 5.77. The van der Waals surface area contributed by atoms with Crippen LogP contribution in [0.3, 0.4) is 0 Å². The van der Waals surface area contributed by atoms with E-state index in [1.165, 1.54) is 6.92 Å². The summed E-state index contributed by atoms with van der Waals surface area (Å²) in [6.07, 6.45) is -5.26. The van der Waals surface area contributed by atoms with E-state index in [4.69, 9.17) is 10.8 Å². The molecule has 1 amide bonds. The Morgan fingerprint density at radius 3 is 2.56 bits per heavy atom. The van der Waals surface area contributed by atoms with Gasteiger partial charge in [0.15, 0.2) is 0 Å². The zero-order valence-corrected chi connectivity index (χ0v) is 8.75. The normalized spacial score (nSPS) is 15.6. The van der Waals surface area contributed by atoms with Crippen LogP contribution in [-0.2, 0) is 9.53 Å². The molecule has 0 bridgehead atoms. The lowest BCUT2D eigenvalue weighted by Crippen LogP contribution is -2.44. The summed E-state index contributed by atoms with van der Waals surface area (Å²) < 4.78 is 39.0. The first-order chi connectivity index (χ1) is 7.22. The zero-order valence-electron chi connectivity index (χ0n) is 8.75. The Labute approximate surface area is 90.7 Å². The lowest BCUT2D eigenvalue weighted by molar-refractivity contribution is -0.175. The van der Waals surface area contributed by atoms with Crippen LogP contribution in [0.4, 0.5) is 13.2 Å². The number of nitrogens with one attached hydrogen (secondary N) is 1. The van der Waals surface area contributed by atoms with Gasteiger partial charge >= 0.3 is 6.18 Å². The van der Waals surface area contributed by atoms with Crippen molar-refractivity contribution < 1.29 is 27.8 Å². The number of halogens is 3. The van der Waals surface area contributed by atoms with E-state index in [1.54, 1.807) is 0 Å². The van der Waals surface area contributed by atoms with Gasteiger partial charge in [-0.15, -0.1) is 0 Å². The summed E-state index contributed by atoms with van der Waals surface area (Å²) in [4.78, 5) is 10.9. The van der Waals surface area contributed by atoms with Crippen LogP contribution in [-0.4, -0.2) is 49.1 Å². The smallest absolute Gasteiger partial charge is 0.392 e. The fraction of sp³-hybridized carbons (Fsp3) is 0.875. The lowest BCUT2D eigenvalue weighted by atomic mass is 10.2. The maximum atomic E-state index is 11.6. The van der Waals surface area contributed by atoms with Crippen molar-refractivity contribution in [2.24, 2.45) is 5.73 Å². The highest BCUT2D eigenvalue weighted by Gasteiger charge is 2.27. The molecule has 2 atom stereocenters. The van der Waals surface area contributed by atoms with Gasteiger partial charge in [0.05, 0.1) is 6.10 Å². The molecule has 8 heteroatoms. The van der Waals surface area contributed by atoms with Crippen LogP contribution < -0.4 is 11.1 Å². The number of carbonyl (C=O) groups excluding carboxylic acids is 1. The predicted molar refractivity (Wildman–Crippen MR) is 49.5 cm³/mol. The Kier molecular flexibility index (Phi) is 6.31. The number of amides is 1. The van der Waals surface area contributed by atoms with Gasteiger partial charge in [-0.3, -0.25) is 4.79 Å². The van der Waals surface area contributed by atoms with Crippen molar-refractivity contribution in [2.75, 3.05) is 19.8 Å². The second-order valence-electron chi connectivity index (χ2n) is 3.32. The molecule has 0 aliphatic rings. The summed E-state index contributed by atoms with van der Waals surface area (Å²) >= 11 is 0. The summed E-state index contributed by atoms with van der Waals surface area (Å²) in [5.74, 6) is -0.708. The van der Waals surface area contributed by atoms with Crippen molar-refractivity contribution in [3.8, 4) is 0 Å². The highest BCUT2D eigenvalue weighted by atomic mass is 19.4. The van der Waals surface area contributed by atoms with E-state index in [-0.39, 0.29) is 6.54 Å². The van der Waals surface area contributed by atoms with Crippen molar-refractivity contribution in [3.63, 3.8) is 0 Å². The quantitative estimate of drug-likeness (QED) is 0.582. The molecule has 2 unspecified atom stereocenters. The maximum Gasteiger partial charge on any atom is 0.411 e. The third-order valence-electron chi connectivity index (χ3n) is 1.65. The van der Waals surface area contributed by atoms with Crippen LogP contribution in [0.15, 0.2) is 0 Å². The molecule has 0 saturated carbocycles. The number of alkyl halides is 3. The minimum atomic E-state index is -4.45. The van der Waals surface area contributed by atoms with E-state index in [1.807, 2.05) is 0 Å². The van der Waals surface area contributed by atoms with Gasteiger partial charge < -0.3 is 20.9 Å². The second-order valence-corrected chi connectivity index (χ2v) is 3.32. The SMILES string of the molecule is CC(O)C(N)CNC(=O)COCC(F)(F)F. The van der Waals surface area contributed by atoms with E-state index in [0.29, 0.717) is 0 Å². The van der Waals surface area contributed by atoms with Gasteiger partial charge in [0.25, 0.3) is 0 Å². The highest BCUT2D eigenvalue weighted by Crippen LogP contribution is 2.13. The molecule has 96 valence electrons. The fourth-order valence-electron chi connectivity index (χ4n) is 0.713. The first-order valence-electron chi connectivity index (χ1n) is 4.57. The van der Waals surface area contributed by atoms with Gasteiger partial charge in [0.1, 0.15) is 13.2 Å². The molecule has 0 saturated heterocycles. The summed E-state index contributed by atoms with van der Waals surface area (Å²) in [5, 5.41) is 11.2. The van der Waals surface area contributed by atoms with E-state index in [0.717, 1.165) is 0 Å².